The summed E-state index contributed by atoms with van der Waals surface area (Å²) in [5.41, 5.74) is 0. The van der Waals surface area contributed by atoms with Gasteiger partial charge in [0.15, 0.2) is 0 Å². The molecule has 0 aliphatic carbocycles. The largest absolute Gasteiger partial charge is 0.379 e. The zero-order chi connectivity index (χ0) is 9.23. The lowest BCUT2D eigenvalue weighted by molar-refractivity contribution is 0.0581. The summed E-state index contributed by atoms with van der Waals surface area (Å²) in [5, 5.41) is 0. The fourth-order valence-corrected chi connectivity index (χ4v) is 1.18. The maximum atomic E-state index is 5.59. The van der Waals surface area contributed by atoms with E-state index in [1.54, 1.807) is 0 Å². The minimum atomic E-state index is 0.407. The van der Waals surface area contributed by atoms with Crippen molar-refractivity contribution < 1.29 is 4.74 Å². The van der Waals surface area contributed by atoms with E-state index in [-0.39, 0.29) is 0 Å². The predicted octanol–water partition coefficient (Wildman–Crippen LogP) is 3.59. The number of hydrogen-bond acceptors (Lipinski definition) is 1. The van der Waals surface area contributed by atoms with Crippen LogP contribution in [0.15, 0.2) is 0 Å². The van der Waals surface area contributed by atoms with Crippen LogP contribution in [0.1, 0.15) is 52.4 Å². The lowest BCUT2D eigenvalue weighted by atomic mass is 10.2. The summed E-state index contributed by atoms with van der Waals surface area (Å²) >= 11 is 0. The molecular weight excluding hydrogens is 148 g/mol. The summed E-state index contributed by atoms with van der Waals surface area (Å²) in [5.74, 6) is 0. The molecule has 0 saturated carbocycles. The van der Waals surface area contributed by atoms with Crippen LogP contribution in [0.2, 0.25) is 0 Å². The van der Waals surface area contributed by atoms with Gasteiger partial charge in [0.1, 0.15) is 0 Å². The van der Waals surface area contributed by atoms with Gasteiger partial charge < -0.3 is 4.74 Å². The van der Waals surface area contributed by atoms with Crippen molar-refractivity contribution in [1.29, 1.82) is 0 Å². The number of unbranched alkanes of at least 4 members (excludes halogenated alkanes) is 3. The molecule has 0 bridgehead atoms. The van der Waals surface area contributed by atoms with Crippen molar-refractivity contribution in [2.24, 2.45) is 0 Å². The Morgan fingerprint density at radius 3 is 2.58 bits per heavy atom. The van der Waals surface area contributed by atoms with E-state index in [0.717, 1.165) is 19.4 Å². The van der Waals surface area contributed by atoms with Gasteiger partial charge in [-0.15, -0.1) is 0 Å². The van der Waals surface area contributed by atoms with Crippen molar-refractivity contribution in [3.8, 4) is 0 Å². The zero-order valence-corrected chi connectivity index (χ0v) is 8.64. The van der Waals surface area contributed by atoms with Gasteiger partial charge in [0.25, 0.3) is 0 Å². The smallest absolute Gasteiger partial charge is 0.0547 e. The van der Waals surface area contributed by atoms with Gasteiger partial charge in [0.05, 0.1) is 6.10 Å². The number of hydrogen-bond donors (Lipinski definition) is 0. The van der Waals surface area contributed by atoms with E-state index in [9.17, 15) is 0 Å². The van der Waals surface area contributed by atoms with E-state index in [2.05, 4.69) is 20.8 Å². The van der Waals surface area contributed by atoms with Crippen molar-refractivity contribution in [1.82, 2.24) is 0 Å². The van der Waals surface area contributed by atoms with E-state index >= 15 is 0 Å². The molecule has 0 aliphatic rings. The van der Waals surface area contributed by atoms with Gasteiger partial charge >= 0.3 is 0 Å². The molecule has 0 spiro atoms. The van der Waals surface area contributed by atoms with Crippen LogP contribution in [0.4, 0.5) is 0 Å². The quantitative estimate of drug-likeness (QED) is 0.507. The Bertz CT molecular complexity index is 81.1. The van der Waals surface area contributed by atoms with Crippen LogP contribution in [-0.4, -0.2) is 12.7 Å². The predicted molar refractivity (Wildman–Crippen MR) is 54.1 cm³/mol. The second-order valence-corrected chi connectivity index (χ2v) is 3.38. The van der Waals surface area contributed by atoms with Crippen LogP contribution in [0.5, 0.6) is 0 Å². The lowest BCUT2D eigenvalue weighted by Gasteiger charge is -2.11. The van der Waals surface area contributed by atoms with Crippen molar-refractivity contribution in [2.45, 2.75) is 58.5 Å². The average Bonchev–Trinajstić information content (AvgIpc) is 2.05. The fourth-order valence-electron chi connectivity index (χ4n) is 1.18. The fraction of sp³-hybridized carbons (Fsp3) is 0.909. The second-order valence-electron chi connectivity index (χ2n) is 3.38. The molecule has 1 nitrogen and oxygen atoms in total. The van der Waals surface area contributed by atoms with Gasteiger partial charge in [0, 0.05) is 6.61 Å². The summed E-state index contributed by atoms with van der Waals surface area (Å²) < 4.78 is 5.59. The van der Waals surface area contributed by atoms with Crippen molar-refractivity contribution in [2.75, 3.05) is 6.61 Å². The molecule has 1 heteroatoms. The summed E-state index contributed by atoms with van der Waals surface area (Å²) in [6.07, 6.45) is 7.65. The van der Waals surface area contributed by atoms with Crippen LogP contribution in [0, 0.1) is 6.92 Å². The Hall–Kier alpha value is -0.0400. The van der Waals surface area contributed by atoms with E-state index in [0.29, 0.717) is 6.10 Å². The molecule has 1 radical (unpaired) electrons. The molecule has 1 atom stereocenters. The van der Waals surface area contributed by atoms with Crippen LogP contribution in [0.25, 0.3) is 0 Å². The molecule has 0 aromatic rings. The molecule has 0 aliphatic heterocycles. The molecule has 0 amide bonds. The highest BCUT2D eigenvalue weighted by Crippen LogP contribution is 2.04. The van der Waals surface area contributed by atoms with Crippen LogP contribution >= 0.6 is 0 Å². The highest BCUT2D eigenvalue weighted by molar-refractivity contribution is 4.51. The molecule has 0 fully saturated rings. The molecule has 0 aromatic carbocycles. The van der Waals surface area contributed by atoms with Crippen molar-refractivity contribution >= 4 is 0 Å². The second kappa shape index (κ2) is 9.05. The number of ether oxygens (including phenoxy) is 1. The molecule has 0 saturated heterocycles. The molecule has 1 unspecified atom stereocenters. The van der Waals surface area contributed by atoms with Crippen LogP contribution in [-0.2, 0) is 4.74 Å². The van der Waals surface area contributed by atoms with E-state index in [1.807, 2.05) is 0 Å². The van der Waals surface area contributed by atoms with Crippen LogP contribution in [0.3, 0.4) is 0 Å². The first-order chi connectivity index (χ1) is 5.81. The normalized spacial score (nSPS) is 13.2. The van der Waals surface area contributed by atoms with Gasteiger partial charge in [-0.1, -0.05) is 39.5 Å². The molecule has 0 aromatic heterocycles. The summed E-state index contributed by atoms with van der Waals surface area (Å²) in [4.78, 5) is 0. The minimum absolute atomic E-state index is 0.407. The van der Waals surface area contributed by atoms with E-state index in [1.165, 1.54) is 25.7 Å². The summed E-state index contributed by atoms with van der Waals surface area (Å²) in [6, 6.07) is 0. The summed E-state index contributed by atoms with van der Waals surface area (Å²) in [7, 11) is 0. The van der Waals surface area contributed by atoms with Gasteiger partial charge in [-0.25, -0.2) is 0 Å². The molecule has 0 heterocycles. The highest BCUT2D eigenvalue weighted by Gasteiger charge is 1.98. The Balaban J connectivity index is 2.97. The van der Waals surface area contributed by atoms with Gasteiger partial charge in [-0.3, -0.25) is 0 Å². The molecule has 12 heavy (non-hydrogen) atoms. The third-order valence-corrected chi connectivity index (χ3v) is 2.01. The Kier molecular flexibility index (Phi) is 9.02. The van der Waals surface area contributed by atoms with Gasteiger partial charge in [-0.05, 0) is 19.8 Å². The van der Waals surface area contributed by atoms with Gasteiger partial charge in [0.2, 0.25) is 0 Å². The first-order valence-electron chi connectivity index (χ1n) is 5.22. The molecule has 0 rings (SSSR count). The third-order valence-electron chi connectivity index (χ3n) is 2.01. The van der Waals surface area contributed by atoms with Crippen LogP contribution < -0.4 is 0 Å². The molecule has 0 N–H and O–H groups in total. The zero-order valence-electron chi connectivity index (χ0n) is 8.64. The van der Waals surface area contributed by atoms with Gasteiger partial charge in [-0.2, -0.15) is 0 Å². The lowest BCUT2D eigenvalue weighted by Crippen LogP contribution is -2.08. The maximum absolute atomic E-state index is 5.59. The first-order valence-corrected chi connectivity index (χ1v) is 5.22. The summed E-state index contributed by atoms with van der Waals surface area (Å²) in [6.45, 7) is 9.09. The monoisotopic (exact) mass is 171 g/mol. The highest BCUT2D eigenvalue weighted by atomic mass is 16.5. The molecule has 73 valence electrons. The first kappa shape index (κ1) is 12.0. The standard InChI is InChI=1S/C11H23O/c1-4-6-7-8-10-12-11(3)9-5-2/h11H,2,4-10H2,1,3H3. The maximum Gasteiger partial charge on any atom is 0.0547 e. The number of rotatable bonds is 8. The minimum Gasteiger partial charge on any atom is -0.379 e. The SMILES string of the molecule is [CH2]CCC(C)OCCCCCC. The average molecular weight is 171 g/mol. The topological polar surface area (TPSA) is 9.23 Å². The van der Waals surface area contributed by atoms with E-state index < -0.39 is 0 Å². The van der Waals surface area contributed by atoms with Crippen molar-refractivity contribution in [3.63, 3.8) is 0 Å². The molecular formula is C11H23O. The Morgan fingerprint density at radius 1 is 1.25 bits per heavy atom. The third kappa shape index (κ3) is 8.06. The van der Waals surface area contributed by atoms with E-state index in [4.69, 9.17) is 4.74 Å². The Morgan fingerprint density at radius 2 is 2.00 bits per heavy atom. The van der Waals surface area contributed by atoms with Crippen molar-refractivity contribution in [3.05, 3.63) is 6.92 Å². The Labute approximate surface area is 77.5 Å².